The van der Waals surface area contributed by atoms with Crippen molar-refractivity contribution >= 4 is 40.8 Å². The van der Waals surface area contributed by atoms with Gasteiger partial charge in [-0.05, 0) is 47.5 Å². The van der Waals surface area contributed by atoms with Crippen LogP contribution >= 0.6 is 11.8 Å². The molecule has 2 aliphatic rings. The van der Waals surface area contributed by atoms with Crippen LogP contribution in [0.4, 0.5) is 9.18 Å². The van der Waals surface area contributed by atoms with Crippen molar-refractivity contribution in [3.05, 3.63) is 76.4 Å². The topological polar surface area (TPSA) is 86.8 Å². The molecule has 7 nitrogen and oxygen atoms in total. The van der Waals surface area contributed by atoms with Crippen LogP contribution in [-0.4, -0.2) is 58.9 Å². The summed E-state index contributed by atoms with van der Waals surface area (Å²) in [5, 5.41) is 2.32. The third-order valence-corrected chi connectivity index (χ3v) is 6.68. The van der Waals surface area contributed by atoms with Crippen molar-refractivity contribution in [3.63, 3.8) is 0 Å². The summed E-state index contributed by atoms with van der Waals surface area (Å²) in [6, 6.07) is 15.5. The van der Waals surface area contributed by atoms with Crippen LogP contribution < -0.4 is 5.32 Å². The number of imide groups is 1. The molecule has 0 spiro atoms. The average molecular weight is 482 g/mol. The predicted molar refractivity (Wildman–Crippen MR) is 127 cm³/mol. The van der Waals surface area contributed by atoms with Gasteiger partial charge in [-0.25, -0.2) is 4.39 Å². The number of hydrogen-bond donors (Lipinski definition) is 1. The number of likely N-dealkylation sites (tertiary alicyclic amines) is 1. The minimum atomic E-state index is -0.448. The van der Waals surface area contributed by atoms with Crippen molar-refractivity contribution in [1.29, 1.82) is 0 Å². The Balaban J connectivity index is 1.24. The lowest BCUT2D eigenvalue weighted by Crippen LogP contribution is -2.40. The second-order valence-electron chi connectivity index (χ2n) is 8.15. The summed E-state index contributed by atoms with van der Waals surface area (Å²) in [6.45, 7) is 1.06. The molecule has 34 heavy (non-hydrogen) atoms. The Hall–Kier alpha value is -3.46. The normalized spacial score (nSPS) is 19.4. The third kappa shape index (κ3) is 5.72. The highest BCUT2D eigenvalue weighted by molar-refractivity contribution is 8.18. The van der Waals surface area contributed by atoms with Crippen molar-refractivity contribution in [2.24, 2.45) is 5.92 Å². The van der Waals surface area contributed by atoms with Crippen LogP contribution in [-0.2, 0) is 20.8 Å². The second-order valence-corrected chi connectivity index (χ2v) is 9.15. The van der Waals surface area contributed by atoms with Crippen molar-refractivity contribution in [2.45, 2.75) is 12.8 Å². The summed E-state index contributed by atoms with van der Waals surface area (Å²) >= 11 is 0.810. The molecule has 2 aromatic rings. The van der Waals surface area contributed by atoms with E-state index in [0.717, 1.165) is 28.6 Å². The van der Waals surface area contributed by atoms with Gasteiger partial charge in [-0.2, -0.15) is 0 Å². The molecule has 4 rings (SSSR count). The number of nitrogens with one attached hydrogen (secondary N) is 1. The van der Waals surface area contributed by atoms with E-state index in [9.17, 15) is 23.6 Å². The largest absolute Gasteiger partial charge is 0.354 e. The van der Waals surface area contributed by atoms with Gasteiger partial charge in [0.15, 0.2) is 0 Å². The Labute approximate surface area is 201 Å². The fourth-order valence-electron chi connectivity index (χ4n) is 3.91. The lowest BCUT2D eigenvalue weighted by molar-refractivity contribution is -0.129. The first-order valence-corrected chi connectivity index (χ1v) is 11.8. The molecule has 9 heteroatoms. The first-order chi connectivity index (χ1) is 16.4. The van der Waals surface area contributed by atoms with Crippen molar-refractivity contribution < 1.29 is 23.6 Å². The molecule has 2 saturated heterocycles. The van der Waals surface area contributed by atoms with Crippen LogP contribution in [0, 0.1) is 11.7 Å². The van der Waals surface area contributed by atoms with Crippen molar-refractivity contribution in [2.75, 3.05) is 26.2 Å². The Morgan fingerprint density at radius 1 is 1.06 bits per heavy atom. The van der Waals surface area contributed by atoms with Gasteiger partial charge in [0.1, 0.15) is 5.82 Å². The number of rotatable bonds is 8. The lowest BCUT2D eigenvalue weighted by Gasteiger charge is -2.17. The maximum Gasteiger partial charge on any atom is 0.293 e. The van der Waals surface area contributed by atoms with Gasteiger partial charge in [-0.1, -0.05) is 42.5 Å². The molecule has 0 bridgehead atoms. The quantitative estimate of drug-likeness (QED) is 0.586. The highest BCUT2D eigenvalue weighted by atomic mass is 32.2. The Morgan fingerprint density at radius 3 is 2.53 bits per heavy atom. The van der Waals surface area contributed by atoms with Crippen molar-refractivity contribution in [3.8, 4) is 0 Å². The average Bonchev–Trinajstić information content (AvgIpc) is 3.33. The first-order valence-electron chi connectivity index (χ1n) is 11.0. The van der Waals surface area contributed by atoms with E-state index in [-0.39, 0.29) is 42.0 Å². The lowest BCUT2D eigenvalue weighted by atomic mass is 10.1. The molecule has 0 unspecified atom stereocenters. The summed E-state index contributed by atoms with van der Waals surface area (Å²) < 4.78 is 13.1. The minimum Gasteiger partial charge on any atom is -0.354 e. The fourth-order valence-corrected chi connectivity index (χ4v) is 4.78. The zero-order valence-corrected chi connectivity index (χ0v) is 19.2. The van der Waals surface area contributed by atoms with Gasteiger partial charge in [-0.3, -0.25) is 24.1 Å². The van der Waals surface area contributed by atoms with E-state index >= 15 is 0 Å². The molecule has 1 atom stereocenters. The maximum atomic E-state index is 13.1. The maximum absolute atomic E-state index is 13.1. The van der Waals surface area contributed by atoms with Gasteiger partial charge in [0, 0.05) is 32.6 Å². The van der Waals surface area contributed by atoms with Crippen LogP contribution in [0.2, 0.25) is 0 Å². The molecule has 2 heterocycles. The van der Waals surface area contributed by atoms with E-state index < -0.39 is 17.1 Å². The summed E-state index contributed by atoms with van der Waals surface area (Å²) in [7, 11) is 0. The van der Waals surface area contributed by atoms with Crippen LogP contribution in [0.1, 0.15) is 17.5 Å². The Morgan fingerprint density at radius 2 is 1.79 bits per heavy atom. The minimum absolute atomic E-state index is 0.0373. The highest BCUT2D eigenvalue weighted by Crippen LogP contribution is 2.32. The third-order valence-electron chi connectivity index (χ3n) is 5.77. The van der Waals surface area contributed by atoms with E-state index in [1.165, 1.54) is 30.3 Å². The van der Waals surface area contributed by atoms with E-state index in [1.807, 2.05) is 30.3 Å². The molecule has 4 amide bonds. The molecule has 0 aromatic heterocycles. The number of nitrogens with zero attached hydrogens (tertiary/aromatic N) is 2. The highest BCUT2D eigenvalue weighted by Gasteiger charge is 2.36. The van der Waals surface area contributed by atoms with E-state index in [4.69, 9.17) is 0 Å². The molecule has 0 radical (unpaired) electrons. The summed E-state index contributed by atoms with van der Waals surface area (Å²) in [5.41, 5.74) is 1.75. The number of carbonyl (C=O) groups excluding carboxylic acids is 4. The second kappa shape index (κ2) is 10.6. The number of amides is 4. The van der Waals surface area contributed by atoms with E-state index in [2.05, 4.69) is 5.32 Å². The number of benzene rings is 2. The zero-order valence-electron chi connectivity index (χ0n) is 18.4. The van der Waals surface area contributed by atoms with E-state index in [0.29, 0.717) is 18.7 Å². The molecular formula is C25H24FN3O4S. The molecule has 2 aliphatic heterocycles. The number of hydrogen-bond acceptors (Lipinski definition) is 5. The summed E-state index contributed by atoms with van der Waals surface area (Å²) in [4.78, 5) is 52.7. The first kappa shape index (κ1) is 23.7. The molecule has 0 aliphatic carbocycles. The van der Waals surface area contributed by atoms with Crippen LogP contribution in [0.15, 0.2) is 59.5 Å². The SMILES string of the molecule is O=C(NCCN1C(=O)S/C(=C\c2ccc(F)cc2)C1=O)[C@@H]1CC(=O)N(CCc2ccccc2)C1. The molecule has 176 valence electrons. The fraction of sp³-hybridized carbons (Fsp3) is 0.280. The summed E-state index contributed by atoms with van der Waals surface area (Å²) in [6.07, 6.45) is 2.42. The smallest absolute Gasteiger partial charge is 0.293 e. The van der Waals surface area contributed by atoms with Crippen LogP contribution in [0.3, 0.4) is 0 Å². The van der Waals surface area contributed by atoms with Gasteiger partial charge in [0.05, 0.1) is 10.8 Å². The van der Waals surface area contributed by atoms with Gasteiger partial charge < -0.3 is 10.2 Å². The molecular weight excluding hydrogens is 457 g/mol. The van der Waals surface area contributed by atoms with Crippen LogP contribution in [0.5, 0.6) is 0 Å². The summed E-state index contributed by atoms with van der Waals surface area (Å²) in [5.74, 6) is -1.59. The van der Waals surface area contributed by atoms with Crippen molar-refractivity contribution in [1.82, 2.24) is 15.1 Å². The van der Waals surface area contributed by atoms with Gasteiger partial charge in [0.2, 0.25) is 11.8 Å². The number of halogens is 1. The number of carbonyl (C=O) groups is 4. The molecule has 2 fully saturated rings. The number of thioether (sulfide) groups is 1. The van der Waals surface area contributed by atoms with Gasteiger partial charge >= 0.3 is 0 Å². The van der Waals surface area contributed by atoms with Crippen LogP contribution in [0.25, 0.3) is 6.08 Å². The van der Waals surface area contributed by atoms with Gasteiger partial charge in [0.25, 0.3) is 11.1 Å². The standard InChI is InChI=1S/C25H24FN3O4S/c26-20-8-6-18(7-9-20)14-21-24(32)29(25(33)34-21)13-11-27-23(31)19-15-22(30)28(16-19)12-10-17-4-2-1-3-5-17/h1-9,14,19H,10-13,15-16H2,(H,27,31)/b21-14-/t19-/m1/s1. The van der Waals surface area contributed by atoms with E-state index in [1.54, 1.807) is 4.90 Å². The monoisotopic (exact) mass is 481 g/mol. The Bertz CT molecular complexity index is 1120. The Kier molecular flexibility index (Phi) is 7.42. The van der Waals surface area contributed by atoms with Gasteiger partial charge in [-0.15, -0.1) is 0 Å². The predicted octanol–water partition coefficient (Wildman–Crippen LogP) is 3.07. The molecule has 0 saturated carbocycles. The zero-order chi connectivity index (χ0) is 24.1. The molecule has 1 N–H and O–H groups in total. The molecule has 2 aromatic carbocycles.